The molecule has 6 nitrogen and oxygen atoms in total. The van der Waals surface area contributed by atoms with E-state index in [9.17, 15) is 9.59 Å². The molecule has 0 bridgehead atoms. The lowest BCUT2D eigenvalue weighted by Crippen LogP contribution is -2.29. The number of benzene rings is 2. The van der Waals surface area contributed by atoms with Gasteiger partial charge in [0, 0.05) is 23.0 Å². The number of ether oxygens (including phenoxy) is 2. The number of rotatable bonds is 5. The van der Waals surface area contributed by atoms with Crippen molar-refractivity contribution in [3.8, 4) is 17.2 Å². The molecular formula is C24H26N2O4. The van der Waals surface area contributed by atoms with E-state index in [0.717, 1.165) is 5.39 Å². The van der Waals surface area contributed by atoms with Crippen LogP contribution in [0.25, 0.3) is 10.8 Å². The zero-order chi connectivity index (χ0) is 21.9. The minimum Gasteiger partial charge on any atom is -0.457 e. The molecule has 30 heavy (non-hydrogen) atoms. The highest BCUT2D eigenvalue weighted by molar-refractivity contribution is 6.04. The first-order valence-corrected chi connectivity index (χ1v) is 9.88. The van der Waals surface area contributed by atoms with Gasteiger partial charge in [-0.05, 0) is 65.0 Å². The molecule has 0 saturated carbocycles. The fourth-order valence-electron chi connectivity index (χ4n) is 2.86. The molecule has 3 rings (SSSR count). The van der Waals surface area contributed by atoms with Crippen molar-refractivity contribution in [2.45, 2.75) is 34.6 Å². The number of hydrogen-bond acceptors (Lipinski definition) is 5. The van der Waals surface area contributed by atoms with Crippen molar-refractivity contribution in [1.29, 1.82) is 0 Å². The summed E-state index contributed by atoms with van der Waals surface area (Å²) in [5.41, 5.74) is 0.00278. The first-order valence-electron chi connectivity index (χ1n) is 9.88. The fourth-order valence-corrected chi connectivity index (χ4v) is 2.86. The lowest BCUT2D eigenvalue weighted by Gasteiger charge is -2.20. The van der Waals surface area contributed by atoms with Gasteiger partial charge in [-0.3, -0.25) is 9.59 Å². The van der Waals surface area contributed by atoms with E-state index in [-0.39, 0.29) is 17.4 Å². The van der Waals surface area contributed by atoms with Crippen LogP contribution in [0.3, 0.4) is 0 Å². The summed E-state index contributed by atoms with van der Waals surface area (Å²) >= 11 is 0. The molecule has 0 aliphatic rings. The van der Waals surface area contributed by atoms with E-state index in [1.165, 1.54) is 0 Å². The summed E-state index contributed by atoms with van der Waals surface area (Å²) in [6.07, 6.45) is 0. The highest BCUT2D eigenvalue weighted by atomic mass is 16.5. The summed E-state index contributed by atoms with van der Waals surface area (Å²) in [4.78, 5) is 29.7. The number of amides is 1. The third-order valence-corrected chi connectivity index (χ3v) is 4.46. The van der Waals surface area contributed by atoms with Gasteiger partial charge < -0.3 is 14.8 Å². The molecule has 0 spiro atoms. The molecule has 1 heterocycles. The van der Waals surface area contributed by atoms with Crippen LogP contribution >= 0.6 is 0 Å². The Balaban J connectivity index is 2.12. The summed E-state index contributed by atoms with van der Waals surface area (Å²) in [5.74, 6) is 0.666. The number of carbonyl (C=O) groups is 2. The van der Waals surface area contributed by atoms with Crippen LogP contribution in [-0.4, -0.2) is 23.4 Å². The third-order valence-electron chi connectivity index (χ3n) is 4.46. The third kappa shape index (κ3) is 4.59. The van der Waals surface area contributed by atoms with Crippen molar-refractivity contribution >= 4 is 22.6 Å². The Labute approximate surface area is 176 Å². The molecule has 6 heteroatoms. The van der Waals surface area contributed by atoms with Gasteiger partial charge in [0.05, 0.1) is 5.41 Å². The van der Waals surface area contributed by atoms with E-state index in [2.05, 4.69) is 10.3 Å². The predicted octanol–water partition coefficient (Wildman–Crippen LogP) is 5.04. The zero-order valence-electron chi connectivity index (χ0n) is 17.9. The number of nitrogens with one attached hydrogen (secondary N) is 1. The second-order valence-corrected chi connectivity index (χ2v) is 8.00. The molecule has 0 atom stereocenters. The van der Waals surface area contributed by atoms with E-state index in [0.29, 0.717) is 29.1 Å². The fraction of sp³-hybridized carbons (Fsp3) is 0.292. The van der Waals surface area contributed by atoms with Gasteiger partial charge in [0.25, 0.3) is 5.91 Å². The van der Waals surface area contributed by atoms with Crippen molar-refractivity contribution in [2.75, 3.05) is 6.54 Å². The highest BCUT2D eigenvalue weighted by Crippen LogP contribution is 2.35. The molecule has 0 radical (unpaired) electrons. The number of carbonyl (C=O) groups excluding carboxylic acids is 2. The van der Waals surface area contributed by atoms with E-state index in [1.807, 2.05) is 50.2 Å². The van der Waals surface area contributed by atoms with Crippen molar-refractivity contribution in [2.24, 2.45) is 5.41 Å². The summed E-state index contributed by atoms with van der Waals surface area (Å²) in [7, 11) is 0. The Morgan fingerprint density at radius 1 is 1.00 bits per heavy atom. The largest absolute Gasteiger partial charge is 0.457 e. The van der Waals surface area contributed by atoms with Gasteiger partial charge in [0.2, 0.25) is 0 Å². The van der Waals surface area contributed by atoms with E-state index in [4.69, 9.17) is 9.47 Å². The minimum absolute atomic E-state index is 0.0937. The molecule has 1 N–H and O–H groups in total. The zero-order valence-corrected chi connectivity index (χ0v) is 17.9. The SMILES string of the molecule is CCNC(=O)c1nc(C)c2cc(Oc3ccccc3)ccc2c1OC(=O)C(C)(C)C. The second kappa shape index (κ2) is 8.53. The number of esters is 1. The monoisotopic (exact) mass is 406 g/mol. The average molecular weight is 406 g/mol. The lowest BCUT2D eigenvalue weighted by atomic mass is 9.97. The van der Waals surface area contributed by atoms with Crippen LogP contribution in [0.4, 0.5) is 0 Å². The second-order valence-electron chi connectivity index (χ2n) is 8.00. The van der Waals surface area contributed by atoms with Gasteiger partial charge in [-0.2, -0.15) is 0 Å². The van der Waals surface area contributed by atoms with Gasteiger partial charge in [-0.25, -0.2) is 4.98 Å². The quantitative estimate of drug-likeness (QED) is 0.601. The van der Waals surface area contributed by atoms with Crippen molar-refractivity contribution in [3.63, 3.8) is 0 Å². The number of hydrogen-bond donors (Lipinski definition) is 1. The number of aryl methyl sites for hydroxylation is 1. The van der Waals surface area contributed by atoms with Crippen LogP contribution in [0.1, 0.15) is 43.9 Å². The predicted molar refractivity (Wildman–Crippen MR) is 116 cm³/mol. The number of aromatic nitrogens is 1. The number of nitrogens with zero attached hydrogens (tertiary/aromatic N) is 1. The molecule has 1 amide bonds. The molecular weight excluding hydrogens is 380 g/mol. The van der Waals surface area contributed by atoms with Gasteiger partial charge in [0.15, 0.2) is 11.4 Å². The molecule has 0 aliphatic heterocycles. The Morgan fingerprint density at radius 3 is 2.33 bits per heavy atom. The summed E-state index contributed by atoms with van der Waals surface area (Å²) in [5, 5.41) is 4.10. The minimum atomic E-state index is -0.730. The lowest BCUT2D eigenvalue weighted by molar-refractivity contribution is -0.142. The molecule has 0 fully saturated rings. The van der Waals surface area contributed by atoms with Gasteiger partial charge in [-0.1, -0.05) is 18.2 Å². The molecule has 0 unspecified atom stereocenters. The van der Waals surface area contributed by atoms with Crippen LogP contribution in [0, 0.1) is 12.3 Å². The molecule has 3 aromatic rings. The van der Waals surface area contributed by atoms with Crippen LogP contribution in [0.15, 0.2) is 48.5 Å². The van der Waals surface area contributed by atoms with Crippen LogP contribution in [-0.2, 0) is 4.79 Å². The molecule has 0 saturated heterocycles. The van der Waals surface area contributed by atoms with Gasteiger partial charge in [-0.15, -0.1) is 0 Å². The first kappa shape index (κ1) is 21.3. The average Bonchev–Trinajstić information content (AvgIpc) is 2.70. The molecule has 1 aromatic heterocycles. The smallest absolute Gasteiger partial charge is 0.316 e. The molecule has 2 aromatic carbocycles. The maximum atomic E-state index is 12.6. The summed E-state index contributed by atoms with van der Waals surface area (Å²) in [6, 6.07) is 14.8. The van der Waals surface area contributed by atoms with Crippen LogP contribution in [0.5, 0.6) is 17.2 Å². The maximum Gasteiger partial charge on any atom is 0.316 e. The number of para-hydroxylation sites is 1. The standard InChI is InChI=1S/C24H26N2O4/c1-6-25-22(27)20-21(30-23(28)24(3,4)5)18-13-12-17(14-19(18)15(2)26-20)29-16-10-8-7-9-11-16/h7-14H,6H2,1-5H3,(H,25,27). The number of pyridine rings is 1. The first-order chi connectivity index (χ1) is 14.2. The number of fused-ring (bicyclic) bond motifs is 1. The Hall–Kier alpha value is -3.41. The van der Waals surface area contributed by atoms with E-state index in [1.54, 1.807) is 32.9 Å². The summed E-state index contributed by atoms with van der Waals surface area (Å²) in [6.45, 7) is 9.35. The van der Waals surface area contributed by atoms with E-state index < -0.39 is 11.4 Å². The highest BCUT2D eigenvalue weighted by Gasteiger charge is 2.28. The van der Waals surface area contributed by atoms with Crippen molar-refractivity contribution < 1.29 is 19.1 Å². The van der Waals surface area contributed by atoms with Crippen molar-refractivity contribution in [3.05, 3.63) is 59.9 Å². The Morgan fingerprint density at radius 2 is 1.70 bits per heavy atom. The van der Waals surface area contributed by atoms with Crippen LogP contribution < -0.4 is 14.8 Å². The topological polar surface area (TPSA) is 77.5 Å². The Kier molecular flexibility index (Phi) is 6.06. The van der Waals surface area contributed by atoms with Crippen LogP contribution in [0.2, 0.25) is 0 Å². The summed E-state index contributed by atoms with van der Waals surface area (Å²) < 4.78 is 11.6. The molecule has 156 valence electrons. The molecule has 0 aliphatic carbocycles. The van der Waals surface area contributed by atoms with E-state index >= 15 is 0 Å². The van der Waals surface area contributed by atoms with Crippen molar-refractivity contribution in [1.82, 2.24) is 10.3 Å². The maximum absolute atomic E-state index is 12.6. The Bertz CT molecular complexity index is 1090. The van der Waals surface area contributed by atoms with Gasteiger partial charge in [0.1, 0.15) is 11.5 Å². The normalized spacial score (nSPS) is 11.2. The van der Waals surface area contributed by atoms with Gasteiger partial charge >= 0.3 is 5.97 Å².